The summed E-state index contributed by atoms with van der Waals surface area (Å²) in [5.41, 5.74) is -18.6. The van der Waals surface area contributed by atoms with Gasteiger partial charge in [0.15, 0.2) is 0 Å². The fourth-order valence-corrected chi connectivity index (χ4v) is 2.21. The van der Waals surface area contributed by atoms with Crippen LogP contribution in [0.25, 0.3) is 0 Å². The molecule has 0 saturated heterocycles. The Morgan fingerprint density at radius 3 is 1.15 bits per heavy atom. The van der Waals surface area contributed by atoms with Gasteiger partial charge in [-0.1, -0.05) is 23.8 Å². The highest BCUT2D eigenvalue weighted by molar-refractivity contribution is 5.43. The Balaban J connectivity index is 4.14. The molecule has 0 saturated carbocycles. The lowest BCUT2D eigenvalue weighted by atomic mass is 9.79. The van der Waals surface area contributed by atoms with Gasteiger partial charge in [0.1, 0.15) is 0 Å². The van der Waals surface area contributed by atoms with Crippen molar-refractivity contribution in [1.29, 1.82) is 0 Å². The van der Waals surface area contributed by atoms with Crippen LogP contribution in [0.2, 0.25) is 0 Å². The molecule has 1 rings (SSSR count). The summed E-state index contributed by atoms with van der Waals surface area (Å²) >= 11 is 0. The molecule has 2 nitrogen and oxygen atoms in total. The Labute approximate surface area is 142 Å². The lowest BCUT2D eigenvalue weighted by Crippen LogP contribution is -2.59. The van der Waals surface area contributed by atoms with Gasteiger partial charge in [0.25, 0.3) is 11.2 Å². The highest BCUT2D eigenvalue weighted by Crippen LogP contribution is 2.57. The Morgan fingerprint density at radius 2 is 0.852 bits per heavy atom. The van der Waals surface area contributed by atoms with Gasteiger partial charge >= 0.3 is 24.7 Å². The maximum Gasteiger partial charge on any atom is 0.430 e. The predicted octanol–water partition coefficient (Wildman–Crippen LogP) is 4.62. The van der Waals surface area contributed by atoms with Crippen LogP contribution in [0.1, 0.15) is 16.7 Å². The molecule has 0 fully saturated rings. The molecule has 156 valence electrons. The number of rotatable bonds is 2. The van der Waals surface area contributed by atoms with Crippen molar-refractivity contribution in [2.24, 2.45) is 0 Å². The van der Waals surface area contributed by atoms with Crippen molar-refractivity contribution in [3.63, 3.8) is 0 Å². The van der Waals surface area contributed by atoms with Gasteiger partial charge in [-0.3, -0.25) is 0 Å². The first-order valence-electron chi connectivity index (χ1n) is 6.45. The third-order valence-corrected chi connectivity index (χ3v) is 3.60. The van der Waals surface area contributed by atoms with Gasteiger partial charge in [-0.15, -0.1) is 0 Å². The minimum Gasteiger partial charge on any atom is -0.369 e. The van der Waals surface area contributed by atoms with Crippen molar-refractivity contribution in [2.45, 2.75) is 42.8 Å². The first kappa shape index (κ1) is 23.3. The van der Waals surface area contributed by atoms with Crippen LogP contribution >= 0.6 is 0 Å². The maximum atomic E-state index is 13.0. The van der Waals surface area contributed by atoms with E-state index in [1.807, 2.05) is 0 Å². The minimum absolute atomic E-state index is 0.314. The van der Waals surface area contributed by atoms with E-state index in [-0.39, 0.29) is 6.07 Å². The molecule has 0 aliphatic carbocycles. The largest absolute Gasteiger partial charge is 0.430 e. The smallest absolute Gasteiger partial charge is 0.369 e. The van der Waals surface area contributed by atoms with Crippen LogP contribution in [0, 0.1) is 6.92 Å². The molecular formula is C13H8F12O2. The Hall–Kier alpha value is -1.70. The third kappa shape index (κ3) is 3.44. The topological polar surface area (TPSA) is 40.5 Å². The third-order valence-electron chi connectivity index (χ3n) is 3.60. The molecule has 27 heavy (non-hydrogen) atoms. The zero-order chi connectivity index (χ0) is 21.9. The highest BCUT2D eigenvalue weighted by Gasteiger charge is 2.77. The first-order chi connectivity index (χ1) is 11.6. The van der Waals surface area contributed by atoms with Crippen LogP contribution in [0.3, 0.4) is 0 Å². The van der Waals surface area contributed by atoms with E-state index in [0.29, 0.717) is 6.07 Å². The average molecular weight is 424 g/mol. The second kappa shape index (κ2) is 6.15. The summed E-state index contributed by atoms with van der Waals surface area (Å²) in [5.74, 6) is 0. The summed E-state index contributed by atoms with van der Waals surface area (Å²) in [7, 11) is 0. The zero-order valence-corrected chi connectivity index (χ0v) is 12.7. The summed E-state index contributed by atoms with van der Waals surface area (Å²) < 4.78 is 155. The van der Waals surface area contributed by atoms with Gasteiger partial charge in [-0.2, -0.15) is 52.7 Å². The van der Waals surface area contributed by atoms with E-state index in [1.54, 1.807) is 0 Å². The van der Waals surface area contributed by atoms with Gasteiger partial charge < -0.3 is 10.2 Å². The summed E-state index contributed by atoms with van der Waals surface area (Å²) in [6.45, 7) is 0.751. The standard InChI is InChI=1S/C13H8F12O2/c1-5-2-3-6(8(26,10(14,15)16)11(17,18)19)7(4-5)9(27,12(20,21)22)13(23,24)25/h2-4,26-27H,1H3. The molecule has 0 amide bonds. The second-order valence-corrected chi connectivity index (χ2v) is 5.46. The monoisotopic (exact) mass is 424 g/mol. The summed E-state index contributed by atoms with van der Waals surface area (Å²) in [5, 5.41) is 18.5. The van der Waals surface area contributed by atoms with Gasteiger partial charge in [0, 0.05) is 11.1 Å². The van der Waals surface area contributed by atoms with Crippen molar-refractivity contribution in [3.05, 3.63) is 34.9 Å². The number of hydrogen-bond acceptors (Lipinski definition) is 2. The van der Waals surface area contributed by atoms with Crippen molar-refractivity contribution < 1.29 is 62.9 Å². The molecule has 0 atom stereocenters. The van der Waals surface area contributed by atoms with E-state index in [9.17, 15) is 62.9 Å². The minimum atomic E-state index is -6.77. The molecule has 0 spiro atoms. The van der Waals surface area contributed by atoms with Crippen LogP contribution in [0.15, 0.2) is 18.2 Å². The van der Waals surface area contributed by atoms with Crippen LogP contribution in [0.4, 0.5) is 52.7 Å². The number of aliphatic hydroxyl groups is 2. The SMILES string of the molecule is Cc1ccc(C(O)(C(F)(F)F)C(F)(F)F)c(C(O)(C(F)(F)F)C(F)(F)F)c1. The van der Waals surface area contributed by atoms with Crippen molar-refractivity contribution in [3.8, 4) is 0 Å². The van der Waals surface area contributed by atoms with Crippen molar-refractivity contribution in [1.82, 2.24) is 0 Å². The molecule has 0 aliphatic heterocycles. The average Bonchev–Trinajstić information content (AvgIpc) is 2.40. The number of aryl methyl sites for hydroxylation is 1. The molecule has 1 aromatic rings. The van der Waals surface area contributed by atoms with Crippen LogP contribution in [0.5, 0.6) is 0 Å². The van der Waals surface area contributed by atoms with E-state index in [0.717, 1.165) is 6.92 Å². The number of hydrogen-bond donors (Lipinski definition) is 2. The highest BCUT2D eigenvalue weighted by atomic mass is 19.4. The Kier molecular flexibility index (Phi) is 5.32. The molecule has 0 unspecified atom stereocenters. The lowest BCUT2D eigenvalue weighted by molar-refractivity contribution is -0.387. The zero-order valence-electron chi connectivity index (χ0n) is 12.7. The summed E-state index contributed by atoms with van der Waals surface area (Å²) in [6.07, 6.45) is -27.1. The molecule has 0 aliphatic rings. The first-order valence-corrected chi connectivity index (χ1v) is 6.45. The molecule has 0 aromatic heterocycles. The van der Waals surface area contributed by atoms with E-state index in [4.69, 9.17) is 0 Å². The quantitative estimate of drug-likeness (QED) is 0.681. The molecule has 0 bridgehead atoms. The molecule has 0 heterocycles. The van der Waals surface area contributed by atoms with Crippen molar-refractivity contribution in [2.75, 3.05) is 0 Å². The van der Waals surface area contributed by atoms with E-state index < -0.39 is 58.7 Å². The lowest BCUT2D eigenvalue weighted by Gasteiger charge is -2.39. The van der Waals surface area contributed by atoms with Crippen LogP contribution < -0.4 is 0 Å². The maximum absolute atomic E-state index is 13.0. The number of halogens is 12. The molecule has 2 N–H and O–H groups in total. The van der Waals surface area contributed by atoms with E-state index in [1.165, 1.54) is 0 Å². The number of benzene rings is 1. The molecular weight excluding hydrogens is 416 g/mol. The number of alkyl halides is 12. The van der Waals surface area contributed by atoms with Gasteiger partial charge in [-0.25, -0.2) is 0 Å². The molecule has 14 heteroatoms. The summed E-state index contributed by atoms with van der Waals surface area (Å²) in [6, 6.07) is -0.457. The summed E-state index contributed by atoms with van der Waals surface area (Å²) in [4.78, 5) is 0. The van der Waals surface area contributed by atoms with E-state index in [2.05, 4.69) is 0 Å². The van der Waals surface area contributed by atoms with Crippen molar-refractivity contribution >= 4 is 0 Å². The van der Waals surface area contributed by atoms with Gasteiger partial charge in [0.2, 0.25) is 0 Å². The van der Waals surface area contributed by atoms with Crippen LogP contribution in [-0.2, 0) is 11.2 Å². The molecule has 1 aromatic carbocycles. The van der Waals surface area contributed by atoms with E-state index >= 15 is 0 Å². The fourth-order valence-electron chi connectivity index (χ4n) is 2.21. The van der Waals surface area contributed by atoms with Crippen LogP contribution in [-0.4, -0.2) is 34.9 Å². The normalized spacial score (nSPS) is 15.2. The Bertz CT molecular complexity index is 667. The van der Waals surface area contributed by atoms with Gasteiger partial charge in [0.05, 0.1) is 0 Å². The molecule has 0 radical (unpaired) electrons. The predicted molar refractivity (Wildman–Crippen MR) is 63.2 cm³/mol. The van der Waals surface area contributed by atoms with Gasteiger partial charge in [-0.05, 0) is 6.92 Å². The fraction of sp³-hybridized carbons (Fsp3) is 0.538. The second-order valence-electron chi connectivity index (χ2n) is 5.46. The Morgan fingerprint density at radius 1 is 0.556 bits per heavy atom.